The highest BCUT2D eigenvalue weighted by Crippen LogP contribution is 2.42. The summed E-state index contributed by atoms with van der Waals surface area (Å²) in [5.74, 6) is 8.60. The Balaban J connectivity index is 1.08. The van der Waals surface area contributed by atoms with Gasteiger partial charge in [-0.05, 0) is 58.2 Å². The van der Waals surface area contributed by atoms with Crippen LogP contribution in [-0.2, 0) is 0 Å². The van der Waals surface area contributed by atoms with Crippen molar-refractivity contribution in [3.63, 3.8) is 0 Å². The second-order valence-electron chi connectivity index (χ2n) is 12.8. The molecule has 0 aromatic heterocycles. The highest BCUT2D eigenvalue weighted by molar-refractivity contribution is 7.01. The number of fused-ring (bicyclic) bond motifs is 8. The van der Waals surface area contributed by atoms with Gasteiger partial charge in [-0.25, -0.2) is 0 Å². The standard InChI is InChI=1S/C42H24B2O6/c1-3-11-25(12-4-1)45-27-19-37-41-39(21-27)49-35-24-36-32(23-31(35)43(41)29-15-7-9-17-33(29)47-37)44-30-16-8-10-18-34(30)48-38-20-28(22-40(50-36)42(38)44)46-26-13-5-2-6-14-26/h1-24H. The first-order chi connectivity index (χ1) is 24.7. The van der Waals surface area contributed by atoms with Gasteiger partial charge in [0.1, 0.15) is 69.0 Å². The average Bonchev–Trinajstić information content (AvgIpc) is 3.14. The normalized spacial score (nSPS) is 13.4. The van der Waals surface area contributed by atoms with E-state index >= 15 is 0 Å². The fourth-order valence-corrected chi connectivity index (χ4v) is 7.71. The van der Waals surface area contributed by atoms with Gasteiger partial charge in [0.15, 0.2) is 0 Å². The van der Waals surface area contributed by atoms with E-state index in [-0.39, 0.29) is 13.4 Å². The Labute approximate surface area is 288 Å². The van der Waals surface area contributed by atoms with Crippen LogP contribution in [0.25, 0.3) is 0 Å². The van der Waals surface area contributed by atoms with Gasteiger partial charge in [-0.2, -0.15) is 0 Å². The molecule has 4 aliphatic heterocycles. The van der Waals surface area contributed by atoms with E-state index in [2.05, 4.69) is 30.3 Å². The molecule has 0 N–H and O–H groups in total. The molecule has 0 spiro atoms. The number of benzene rings is 7. The Morgan fingerprint density at radius 1 is 0.300 bits per heavy atom. The third kappa shape index (κ3) is 4.18. The van der Waals surface area contributed by atoms with E-state index in [9.17, 15) is 0 Å². The van der Waals surface area contributed by atoms with Crippen LogP contribution in [0.1, 0.15) is 0 Å². The minimum atomic E-state index is -0.123. The zero-order valence-corrected chi connectivity index (χ0v) is 26.5. The molecule has 0 radical (unpaired) electrons. The van der Waals surface area contributed by atoms with Gasteiger partial charge in [0, 0.05) is 41.3 Å². The Kier molecular flexibility index (Phi) is 5.75. The molecule has 4 aliphatic rings. The van der Waals surface area contributed by atoms with Crippen molar-refractivity contribution in [2.45, 2.75) is 0 Å². The zero-order valence-electron chi connectivity index (χ0n) is 26.5. The molecule has 0 atom stereocenters. The molecule has 4 heterocycles. The van der Waals surface area contributed by atoms with E-state index in [1.54, 1.807) is 0 Å². The number of para-hydroxylation sites is 4. The second kappa shape index (κ2) is 10.5. The lowest BCUT2D eigenvalue weighted by Crippen LogP contribution is -2.61. The van der Waals surface area contributed by atoms with E-state index in [0.717, 1.165) is 67.3 Å². The first-order valence-corrected chi connectivity index (χ1v) is 16.6. The number of hydrogen-bond acceptors (Lipinski definition) is 6. The molecular weight excluding hydrogens is 622 g/mol. The van der Waals surface area contributed by atoms with Gasteiger partial charge < -0.3 is 28.4 Å². The van der Waals surface area contributed by atoms with Crippen molar-refractivity contribution in [2.75, 3.05) is 0 Å². The van der Waals surface area contributed by atoms with Gasteiger partial charge in [-0.15, -0.1) is 0 Å². The van der Waals surface area contributed by atoms with Crippen LogP contribution in [0.15, 0.2) is 146 Å². The summed E-state index contributed by atoms with van der Waals surface area (Å²) < 4.78 is 39.1. The van der Waals surface area contributed by atoms with Crippen molar-refractivity contribution in [1.29, 1.82) is 0 Å². The molecule has 0 saturated heterocycles. The molecule has 7 aromatic rings. The Morgan fingerprint density at radius 3 is 1.12 bits per heavy atom. The summed E-state index contributed by atoms with van der Waals surface area (Å²) in [6.07, 6.45) is 0. The lowest BCUT2D eigenvalue weighted by molar-refractivity contribution is 0.435. The van der Waals surface area contributed by atoms with Gasteiger partial charge in [0.25, 0.3) is 13.4 Å². The van der Waals surface area contributed by atoms with Gasteiger partial charge in [0.2, 0.25) is 0 Å². The molecule has 234 valence electrons. The summed E-state index contributed by atoms with van der Waals surface area (Å²) in [4.78, 5) is 0. The van der Waals surface area contributed by atoms with Crippen LogP contribution in [-0.4, -0.2) is 13.4 Å². The van der Waals surface area contributed by atoms with Crippen molar-refractivity contribution in [3.05, 3.63) is 146 Å². The molecule has 7 aromatic carbocycles. The van der Waals surface area contributed by atoms with E-state index in [0.29, 0.717) is 34.5 Å². The molecule has 11 rings (SSSR count). The summed E-state index contributed by atoms with van der Waals surface area (Å²) in [6.45, 7) is -0.246. The van der Waals surface area contributed by atoms with E-state index < -0.39 is 0 Å². The first kappa shape index (κ1) is 27.4. The SMILES string of the molecule is c1ccc(Oc2cc3c4c(c2)Oc2cc5c(cc2B4c2ccccc2O3)B2c3ccccc3Oc3cc(Oc4ccccc4)cc(c32)O5)cc1. The third-order valence-electron chi connectivity index (χ3n) is 9.79. The van der Waals surface area contributed by atoms with Gasteiger partial charge in [0.05, 0.1) is 0 Å². The molecule has 0 aliphatic carbocycles. The lowest BCUT2D eigenvalue weighted by atomic mass is 9.31. The maximum absolute atomic E-state index is 6.76. The predicted octanol–water partition coefficient (Wildman–Crippen LogP) is 6.73. The van der Waals surface area contributed by atoms with E-state index in [1.165, 1.54) is 0 Å². The van der Waals surface area contributed by atoms with Gasteiger partial charge in [-0.1, -0.05) is 78.9 Å². The summed E-state index contributed by atoms with van der Waals surface area (Å²) in [5.41, 5.74) is 6.21. The van der Waals surface area contributed by atoms with Crippen LogP contribution < -0.4 is 61.2 Å². The van der Waals surface area contributed by atoms with E-state index in [1.807, 2.05) is 115 Å². The summed E-state index contributed by atoms with van der Waals surface area (Å²) in [6, 6.07) is 48.0. The van der Waals surface area contributed by atoms with Crippen LogP contribution in [0.4, 0.5) is 0 Å². The van der Waals surface area contributed by atoms with Crippen molar-refractivity contribution in [2.24, 2.45) is 0 Å². The molecular formula is C42H24B2O6. The van der Waals surface area contributed by atoms with Crippen LogP contribution in [0.3, 0.4) is 0 Å². The largest absolute Gasteiger partial charge is 0.458 e. The number of hydrogen-bond donors (Lipinski definition) is 0. The minimum absolute atomic E-state index is 0.123. The fourth-order valence-electron chi connectivity index (χ4n) is 7.71. The maximum Gasteiger partial charge on any atom is 0.260 e. The van der Waals surface area contributed by atoms with Gasteiger partial charge >= 0.3 is 0 Å². The van der Waals surface area contributed by atoms with Crippen LogP contribution in [0.2, 0.25) is 0 Å². The molecule has 0 saturated carbocycles. The fraction of sp³-hybridized carbons (Fsp3) is 0. The van der Waals surface area contributed by atoms with Crippen LogP contribution in [0.5, 0.6) is 69.0 Å². The zero-order chi connectivity index (χ0) is 32.8. The smallest absolute Gasteiger partial charge is 0.260 e. The van der Waals surface area contributed by atoms with Crippen LogP contribution >= 0.6 is 0 Å². The van der Waals surface area contributed by atoms with E-state index in [4.69, 9.17) is 28.4 Å². The summed E-state index contributed by atoms with van der Waals surface area (Å²) >= 11 is 0. The molecule has 0 unspecified atom stereocenters. The number of ether oxygens (including phenoxy) is 6. The summed E-state index contributed by atoms with van der Waals surface area (Å²) in [5, 5.41) is 0. The summed E-state index contributed by atoms with van der Waals surface area (Å²) in [7, 11) is 0. The van der Waals surface area contributed by atoms with Crippen molar-refractivity contribution in [3.8, 4) is 69.0 Å². The van der Waals surface area contributed by atoms with Crippen molar-refractivity contribution in [1.82, 2.24) is 0 Å². The second-order valence-corrected chi connectivity index (χ2v) is 12.8. The molecule has 0 bridgehead atoms. The molecule has 0 fully saturated rings. The quantitative estimate of drug-likeness (QED) is 0.198. The predicted molar refractivity (Wildman–Crippen MR) is 195 cm³/mol. The average molecular weight is 646 g/mol. The Hall–Kier alpha value is -6.53. The highest BCUT2D eigenvalue weighted by atomic mass is 16.5. The highest BCUT2D eigenvalue weighted by Gasteiger charge is 2.45. The third-order valence-corrected chi connectivity index (χ3v) is 9.79. The Morgan fingerprint density at radius 2 is 0.680 bits per heavy atom. The molecule has 6 nitrogen and oxygen atoms in total. The Bertz CT molecular complexity index is 2350. The number of rotatable bonds is 4. The minimum Gasteiger partial charge on any atom is -0.458 e. The van der Waals surface area contributed by atoms with Crippen molar-refractivity contribution < 1.29 is 28.4 Å². The van der Waals surface area contributed by atoms with Gasteiger partial charge in [-0.3, -0.25) is 0 Å². The monoisotopic (exact) mass is 646 g/mol. The first-order valence-electron chi connectivity index (χ1n) is 16.6. The molecule has 50 heavy (non-hydrogen) atoms. The van der Waals surface area contributed by atoms with Crippen LogP contribution in [0, 0.1) is 0 Å². The maximum atomic E-state index is 6.76. The molecule has 8 heteroatoms. The topological polar surface area (TPSA) is 55.4 Å². The van der Waals surface area contributed by atoms with Crippen molar-refractivity contribution >= 4 is 46.2 Å². The lowest BCUT2D eigenvalue weighted by Gasteiger charge is -2.36. The molecule has 0 amide bonds.